The molecule has 0 amide bonds. The molecule has 1 saturated heterocycles. The topological polar surface area (TPSA) is 67.4 Å². The monoisotopic (exact) mass is 520 g/mol. The van der Waals surface area contributed by atoms with Crippen molar-refractivity contribution < 1.29 is 14.2 Å². The molecule has 2 N–H and O–H groups in total. The van der Waals surface area contributed by atoms with Crippen molar-refractivity contribution in [2.75, 3.05) is 61.2 Å². The van der Waals surface area contributed by atoms with Crippen molar-refractivity contribution in [1.29, 1.82) is 0 Å². The van der Waals surface area contributed by atoms with Gasteiger partial charge in [0.15, 0.2) is 5.96 Å². The number of halogens is 1. The number of benzene rings is 1. The van der Waals surface area contributed by atoms with Gasteiger partial charge in [0, 0.05) is 33.4 Å². The lowest BCUT2D eigenvalue weighted by molar-refractivity contribution is 0.0168. The third-order valence-corrected chi connectivity index (χ3v) is 4.87. The summed E-state index contributed by atoms with van der Waals surface area (Å²) in [7, 11) is 7.64. The number of rotatable bonds is 11. The van der Waals surface area contributed by atoms with E-state index in [9.17, 15) is 0 Å². The SMILES string of the molecule is CN=C(NCCCOCC1CCCO1)NCC(c1cccc(OC)c1)N(C)C.I. The molecule has 0 bridgehead atoms. The first-order chi connectivity index (χ1) is 13.6. The molecule has 1 fully saturated rings. The summed E-state index contributed by atoms with van der Waals surface area (Å²) in [5, 5.41) is 6.77. The fraction of sp³-hybridized carbons (Fsp3) is 0.667. The fourth-order valence-electron chi connectivity index (χ4n) is 3.23. The summed E-state index contributed by atoms with van der Waals surface area (Å²) >= 11 is 0. The first-order valence-corrected chi connectivity index (χ1v) is 10.1. The second-order valence-electron chi connectivity index (χ2n) is 7.20. The van der Waals surface area contributed by atoms with E-state index >= 15 is 0 Å². The number of hydrogen-bond acceptors (Lipinski definition) is 5. The summed E-state index contributed by atoms with van der Waals surface area (Å²) in [5.74, 6) is 1.67. The average molecular weight is 520 g/mol. The largest absolute Gasteiger partial charge is 0.497 e. The Labute approximate surface area is 192 Å². The minimum atomic E-state index is 0. The zero-order valence-electron chi connectivity index (χ0n) is 18.1. The van der Waals surface area contributed by atoms with Gasteiger partial charge in [-0.25, -0.2) is 0 Å². The van der Waals surface area contributed by atoms with Crippen LogP contribution in [-0.2, 0) is 9.47 Å². The van der Waals surface area contributed by atoms with Crippen LogP contribution in [0.4, 0.5) is 0 Å². The lowest BCUT2D eigenvalue weighted by Gasteiger charge is -2.26. The number of nitrogens with zero attached hydrogens (tertiary/aromatic N) is 2. The molecule has 1 aromatic carbocycles. The zero-order chi connectivity index (χ0) is 20.2. The van der Waals surface area contributed by atoms with Crippen molar-refractivity contribution in [2.24, 2.45) is 4.99 Å². The molecule has 2 rings (SSSR count). The molecule has 8 heteroatoms. The van der Waals surface area contributed by atoms with Gasteiger partial charge >= 0.3 is 0 Å². The van der Waals surface area contributed by atoms with Gasteiger partial charge in [-0.15, -0.1) is 24.0 Å². The summed E-state index contributed by atoms with van der Waals surface area (Å²) in [4.78, 5) is 6.51. The number of aliphatic imine (C=N–C) groups is 1. The molecule has 7 nitrogen and oxygen atoms in total. The minimum absolute atomic E-state index is 0. The molecule has 1 aliphatic rings. The quantitative estimate of drug-likeness (QED) is 0.203. The van der Waals surface area contributed by atoms with Gasteiger partial charge in [-0.1, -0.05) is 12.1 Å². The van der Waals surface area contributed by atoms with Gasteiger partial charge < -0.3 is 29.7 Å². The normalized spacial score (nSPS) is 17.7. The number of guanidine groups is 1. The highest BCUT2D eigenvalue weighted by molar-refractivity contribution is 14.0. The molecule has 2 unspecified atom stereocenters. The Bertz CT molecular complexity index is 595. The lowest BCUT2D eigenvalue weighted by atomic mass is 10.1. The molecule has 0 aliphatic carbocycles. The molecular formula is C21H37IN4O3. The van der Waals surface area contributed by atoms with Crippen LogP contribution in [0.5, 0.6) is 5.75 Å². The number of hydrogen-bond donors (Lipinski definition) is 2. The average Bonchev–Trinajstić information content (AvgIpc) is 3.22. The second-order valence-corrected chi connectivity index (χ2v) is 7.20. The van der Waals surface area contributed by atoms with E-state index in [1.165, 1.54) is 5.56 Å². The highest BCUT2D eigenvalue weighted by Crippen LogP contribution is 2.22. The second kappa shape index (κ2) is 14.8. The maximum Gasteiger partial charge on any atom is 0.191 e. The highest BCUT2D eigenvalue weighted by atomic mass is 127. The Balaban J connectivity index is 0.00000420. The summed E-state index contributed by atoms with van der Waals surface area (Å²) in [6.45, 7) is 3.87. The van der Waals surface area contributed by atoms with Crippen LogP contribution < -0.4 is 15.4 Å². The summed E-state index contributed by atoms with van der Waals surface area (Å²) in [6.07, 6.45) is 3.50. The Kier molecular flexibility index (Phi) is 13.2. The molecule has 0 radical (unpaired) electrons. The number of nitrogens with one attached hydrogen (secondary N) is 2. The Morgan fingerprint density at radius 2 is 2.17 bits per heavy atom. The third kappa shape index (κ3) is 9.50. The summed E-state index contributed by atoms with van der Waals surface area (Å²) < 4.78 is 16.6. The van der Waals surface area contributed by atoms with E-state index in [0.717, 1.165) is 57.3 Å². The van der Waals surface area contributed by atoms with E-state index in [-0.39, 0.29) is 30.0 Å². The zero-order valence-corrected chi connectivity index (χ0v) is 20.5. The van der Waals surface area contributed by atoms with Crippen molar-refractivity contribution >= 4 is 29.9 Å². The van der Waals surface area contributed by atoms with Crippen LogP contribution >= 0.6 is 24.0 Å². The van der Waals surface area contributed by atoms with Crippen molar-refractivity contribution in [1.82, 2.24) is 15.5 Å². The van der Waals surface area contributed by atoms with E-state index < -0.39 is 0 Å². The van der Waals surface area contributed by atoms with Gasteiger partial charge in [0.05, 0.1) is 25.9 Å². The first kappa shape index (κ1) is 25.9. The van der Waals surface area contributed by atoms with Crippen LogP contribution in [0, 0.1) is 0 Å². The smallest absolute Gasteiger partial charge is 0.191 e. The van der Waals surface area contributed by atoms with Crippen LogP contribution in [0.2, 0.25) is 0 Å². The first-order valence-electron chi connectivity index (χ1n) is 10.1. The standard InChI is InChI=1S/C21H36N4O3.HI/c1-22-21(23-11-7-12-27-16-19-10-6-13-28-19)24-15-20(25(2)3)17-8-5-9-18(14-17)26-4;/h5,8-9,14,19-20H,6-7,10-13,15-16H2,1-4H3,(H2,22,23,24);1H. The maximum absolute atomic E-state index is 5.70. The van der Waals surface area contributed by atoms with Crippen LogP contribution in [0.3, 0.4) is 0 Å². The van der Waals surface area contributed by atoms with Gasteiger partial charge in [-0.05, 0) is 51.1 Å². The molecule has 166 valence electrons. The molecule has 0 aromatic heterocycles. The molecule has 1 aromatic rings. The lowest BCUT2D eigenvalue weighted by Crippen LogP contribution is -2.42. The molecule has 2 atom stereocenters. The third-order valence-electron chi connectivity index (χ3n) is 4.87. The van der Waals surface area contributed by atoms with Crippen molar-refractivity contribution in [3.05, 3.63) is 29.8 Å². The van der Waals surface area contributed by atoms with Crippen LogP contribution in [0.25, 0.3) is 0 Å². The van der Waals surface area contributed by atoms with Gasteiger partial charge in [0.1, 0.15) is 5.75 Å². The predicted molar refractivity (Wildman–Crippen MR) is 129 cm³/mol. The Hall–Kier alpha value is -1.10. The maximum atomic E-state index is 5.70. The predicted octanol–water partition coefficient (Wildman–Crippen LogP) is 2.67. The Morgan fingerprint density at radius 1 is 1.34 bits per heavy atom. The van der Waals surface area contributed by atoms with Crippen LogP contribution in [-0.4, -0.2) is 78.1 Å². The Morgan fingerprint density at radius 3 is 2.83 bits per heavy atom. The van der Waals surface area contributed by atoms with Gasteiger partial charge in [-0.3, -0.25) is 4.99 Å². The number of ether oxygens (including phenoxy) is 3. The molecule has 0 spiro atoms. The minimum Gasteiger partial charge on any atom is -0.497 e. The molecule has 29 heavy (non-hydrogen) atoms. The molecule has 1 aliphatic heterocycles. The van der Waals surface area contributed by atoms with E-state index in [2.05, 4.69) is 46.8 Å². The van der Waals surface area contributed by atoms with Crippen molar-refractivity contribution in [3.8, 4) is 5.75 Å². The van der Waals surface area contributed by atoms with Gasteiger partial charge in [0.25, 0.3) is 0 Å². The van der Waals surface area contributed by atoms with E-state index in [4.69, 9.17) is 14.2 Å². The summed E-state index contributed by atoms with van der Waals surface area (Å²) in [5.41, 5.74) is 1.20. The van der Waals surface area contributed by atoms with Crippen LogP contribution in [0.15, 0.2) is 29.3 Å². The van der Waals surface area contributed by atoms with Gasteiger partial charge in [0.2, 0.25) is 0 Å². The van der Waals surface area contributed by atoms with E-state index in [1.807, 2.05) is 12.1 Å². The summed E-state index contributed by atoms with van der Waals surface area (Å²) in [6, 6.07) is 8.40. The van der Waals surface area contributed by atoms with E-state index in [0.29, 0.717) is 12.7 Å². The highest BCUT2D eigenvalue weighted by Gasteiger charge is 2.16. The van der Waals surface area contributed by atoms with Crippen molar-refractivity contribution in [2.45, 2.75) is 31.4 Å². The molecule has 0 saturated carbocycles. The fourth-order valence-corrected chi connectivity index (χ4v) is 3.23. The molecule has 1 heterocycles. The number of methoxy groups -OCH3 is 1. The van der Waals surface area contributed by atoms with Gasteiger partial charge in [-0.2, -0.15) is 0 Å². The molecular weight excluding hydrogens is 483 g/mol. The van der Waals surface area contributed by atoms with Crippen LogP contribution in [0.1, 0.15) is 30.9 Å². The van der Waals surface area contributed by atoms with Crippen molar-refractivity contribution in [3.63, 3.8) is 0 Å². The van der Waals surface area contributed by atoms with E-state index in [1.54, 1.807) is 14.2 Å². The number of likely N-dealkylation sites (N-methyl/N-ethyl adjacent to an activating group) is 1.